The molecule has 0 bridgehead atoms. The molecule has 0 atom stereocenters. The first-order valence-electron chi connectivity index (χ1n) is 12.8. The Bertz CT molecular complexity index is 1090. The Hall–Kier alpha value is -3.32. The molecule has 0 aromatic heterocycles. The van der Waals surface area contributed by atoms with Crippen LogP contribution in [-0.4, -0.2) is 0 Å². The van der Waals surface area contributed by atoms with Crippen molar-refractivity contribution in [1.29, 1.82) is 0 Å². The van der Waals surface area contributed by atoms with Gasteiger partial charge in [-0.15, -0.1) is 0 Å². The van der Waals surface area contributed by atoms with E-state index in [0.29, 0.717) is 0 Å². The zero-order chi connectivity index (χ0) is 23.8. The Morgan fingerprint density at radius 1 is 0.471 bits per heavy atom. The van der Waals surface area contributed by atoms with Gasteiger partial charge in [0.15, 0.2) is 0 Å². The molecule has 0 radical (unpaired) electrons. The van der Waals surface area contributed by atoms with Crippen molar-refractivity contribution in [2.45, 2.75) is 59.3 Å². The summed E-state index contributed by atoms with van der Waals surface area (Å²) < 4.78 is 0. The van der Waals surface area contributed by atoms with Crippen molar-refractivity contribution in [2.75, 3.05) is 4.90 Å². The van der Waals surface area contributed by atoms with E-state index in [2.05, 4.69) is 123 Å². The van der Waals surface area contributed by atoms with Crippen molar-refractivity contribution in [1.82, 2.24) is 0 Å². The van der Waals surface area contributed by atoms with Gasteiger partial charge in [0, 0.05) is 17.1 Å². The Balaban J connectivity index is 1.66. The Labute approximate surface area is 206 Å². The predicted molar refractivity (Wildman–Crippen MR) is 149 cm³/mol. The van der Waals surface area contributed by atoms with E-state index in [9.17, 15) is 0 Å². The first-order chi connectivity index (χ1) is 16.7. The maximum atomic E-state index is 2.37. The van der Waals surface area contributed by atoms with Gasteiger partial charge < -0.3 is 4.90 Å². The predicted octanol–water partition coefficient (Wildman–Crippen LogP) is 9.82. The highest BCUT2D eigenvalue weighted by molar-refractivity contribution is 5.78. The third-order valence-corrected chi connectivity index (χ3v) is 6.54. The lowest BCUT2D eigenvalue weighted by molar-refractivity contribution is 0.795. The molecule has 0 heterocycles. The molecule has 0 saturated heterocycles. The fraction of sp³-hybridized carbons (Fsp3) is 0.273. The van der Waals surface area contributed by atoms with Gasteiger partial charge in [-0.05, 0) is 91.3 Å². The number of nitrogens with zero attached hydrogens (tertiary/aromatic N) is 1. The van der Waals surface area contributed by atoms with Crippen molar-refractivity contribution in [3.05, 3.63) is 114 Å². The fourth-order valence-electron chi connectivity index (χ4n) is 4.38. The summed E-state index contributed by atoms with van der Waals surface area (Å²) in [4.78, 5) is 2.37. The smallest absolute Gasteiger partial charge is 0.0462 e. The van der Waals surface area contributed by atoms with Gasteiger partial charge in [-0.1, -0.05) is 92.9 Å². The monoisotopic (exact) mass is 447 g/mol. The van der Waals surface area contributed by atoms with Gasteiger partial charge in [0.2, 0.25) is 0 Å². The van der Waals surface area contributed by atoms with Crippen molar-refractivity contribution in [3.63, 3.8) is 0 Å². The van der Waals surface area contributed by atoms with E-state index in [1.807, 2.05) is 0 Å². The molecular formula is C33H37N. The molecule has 174 valence electrons. The first kappa shape index (κ1) is 23.8. The van der Waals surface area contributed by atoms with Gasteiger partial charge in [0.25, 0.3) is 0 Å². The van der Waals surface area contributed by atoms with E-state index in [4.69, 9.17) is 0 Å². The summed E-state index contributed by atoms with van der Waals surface area (Å²) in [6, 6.07) is 35.9. The topological polar surface area (TPSA) is 3.24 Å². The van der Waals surface area contributed by atoms with E-state index in [1.165, 1.54) is 70.6 Å². The molecule has 0 aliphatic rings. The summed E-state index contributed by atoms with van der Waals surface area (Å²) in [6.45, 7) is 6.63. The molecule has 4 rings (SSSR count). The van der Waals surface area contributed by atoms with E-state index in [1.54, 1.807) is 0 Å². The number of hydrogen-bond donors (Lipinski definition) is 0. The molecule has 0 spiro atoms. The first-order valence-corrected chi connectivity index (χ1v) is 12.8. The van der Waals surface area contributed by atoms with Crippen LogP contribution in [0.15, 0.2) is 97.1 Å². The third-order valence-electron chi connectivity index (χ3n) is 6.54. The molecule has 0 unspecified atom stereocenters. The zero-order valence-corrected chi connectivity index (χ0v) is 20.9. The second kappa shape index (κ2) is 11.7. The van der Waals surface area contributed by atoms with Gasteiger partial charge in [-0.3, -0.25) is 0 Å². The van der Waals surface area contributed by atoms with Crippen LogP contribution in [0.25, 0.3) is 11.1 Å². The van der Waals surface area contributed by atoms with Crippen molar-refractivity contribution < 1.29 is 0 Å². The van der Waals surface area contributed by atoms with E-state index in [-0.39, 0.29) is 0 Å². The van der Waals surface area contributed by atoms with Gasteiger partial charge in [-0.25, -0.2) is 0 Å². The maximum Gasteiger partial charge on any atom is 0.0462 e. The SMILES string of the molecule is CCCCc1ccc(N(c2ccc(CCCC)cc2)c2ccc(-c3ccc(C)cc3)cc2)cc1. The normalized spacial score (nSPS) is 10.9. The van der Waals surface area contributed by atoms with E-state index < -0.39 is 0 Å². The summed E-state index contributed by atoms with van der Waals surface area (Å²) in [5, 5.41) is 0. The van der Waals surface area contributed by atoms with E-state index in [0.717, 1.165) is 12.8 Å². The summed E-state index contributed by atoms with van der Waals surface area (Å²) in [5.74, 6) is 0. The molecule has 1 nitrogen and oxygen atoms in total. The van der Waals surface area contributed by atoms with Crippen molar-refractivity contribution in [3.8, 4) is 11.1 Å². The van der Waals surface area contributed by atoms with Crippen molar-refractivity contribution >= 4 is 17.1 Å². The molecule has 34 heavy (non-hydrogen) atoms. The van der Waals surface area contributed by atoms with Crippen LogP contribution >= 0.6 is 0 Å². The van der Waals surface area contributed by atoms with Crippen LogP contribution in [0.2, 0.25) is 0 Å². The average Bonchev–Trinajstić information content (AvgIpc) is 2.89. The number of hydrogen-bond acceptors (Lipinski definition) is 1. The number of aryl methyl sites for hydroxylation is 3. The third kappa shape index (κ3) is 5.97. The van der Waals surface area contributed by atoms with Crippen LogP contribution in [0.5, 0.6) is 0 Å². The van der Waals surface area contributed by atoms with Gasteiger partial charge >= 0.3 is 0 Å². The van der Waals surface area contributed by atoms with E-state index >= 15 is 0 Å². The minimum Gasteiger partial charge on any atom is -0.311 e. The molecule has 0 saturated carbocycles. The van der Waals surface area contributed by atoms with Gasteiger partial charge in [0.1, 0.15) is 0 Å². The fourth-order valence-corrected chi connectivity index (χ4v) is 4.38. The minimum absolute atomic E-state index is 1.15. The molecule has 1 heteroatoms. The molecule has 4 aromatic carbocycles. The number of anilines is 3. The zero-order valence-electron chi connectivity index (χ0n) is 20.9. The average molecular weight is 448 g/mol. The molecule has 4 aromatic rings. The molecule has 0 aliphatic carbocycles. The van der Waals surface area contributed by atoms with Crippen molar-refractivity contribution in [2.24, 2.45) is 0 Å². The van der Waals surface area contributed by atoms with Gasteiger partial charge in [0.05, 0.1) is 0 Å². The lowest BCUT2D eigenvalue weighted by Crippen LogP contribution is -2.10. The van der Waals surface area contributed by atoms with Crippen LogP contribution in [0, 0.1) is 6.92 Å². The van der Waals surface area contributed by atoms with Crippen LogP contribution in [0.4, 0.5) is 17.1 Å². The standard InChI is InChI=1S/C33H37N/c1-4-6-8-27-12-20-31(21-13-27)34(32-22-14-28(15-23-32)9-7-5-2)33-24-18-30(19-25-33)29-16-10-26(3)11-17-29/h10-25H,4-9H2,1-3H3. The number of rotatable bonds is 10. The lowest BCUT2D eigenvalue weighted by atomic mass is 10.0. The van der Waals surface area contributed by atoms with Crippen LogP contribution in [-0.2, 0) is 12.8 Å². The number of benzene rings is 4. The van der Waals surface area contributed by atoms with Crippen LogP contribution in [0.1, 0.15) is 56.2 Å². The molecule has 0 fully saturated rings. The summed E-state index contributed by atoms with van der Waals surface area (Å²) in [6.07, 6.45) is 7.23. The summed E-state index contributed by atoms with van der Waals surface area (Å²) >= 11 is 0. The highest BCUT2D eigenvalue weighted by atomic mass is 15.1. The van der Waals surface area contributed by atoms with Crippen LogP contribution in [0.3, 0.4) is 0 Å². The largest absolute Gasteiger partial charge is 0.311 e. The lowest BCUT2D eigenvalue weighted by Gasteiger charge is -2.26. The minimum atomic E-state index is 1.15. The molecule has 0 amide bonds. The highest BCUT2D eigenvalue weighted by Gasteiger charge is 2.13. The van der Waals surface area contributed by atoms with Gasteiger partial charge in [-0.2, -0.15) is 0 Å². The Morgan fingerprint density at radius 2 is 0.824 bits per heavy atom. The molecule has 0 aliphatic heterocycles. The summed E-state index contributed by atoms with van der Waals surface area (Å²) in [5.41, 5.74) is 10.2. The number of unbranched alkanes of at least 4 members (excludes halogenated alkanes) is 2. The van der Waals surface area contributed by atoms with Crippen LogP contribution < -0.4 is 4.90 Å². The maximum absolute atomic E-state index is 2.37. The second-order valence-corrected chi connectivity index (χ2v) is 9.29. The highest BCUT2D eigenvalue weighted by Crippen LogP contribution is 2.36. The quantitative estimate of drug-likeness (QED) is 0.234. The molecular weight excluding hydrogens is 410 g/mol. The molecule has 0 N–H and O–H groups in total. The Morgan fingerprint density at radius 3 is 1.21 bits per heavy atom. The Kier molecular flexibility index (Phi) is 8.20. The summed E-state index contributed by atoms with van der Waals surface area (Å²) in [7, 11) is 0. The second-order valence-electron chi connectivity index (χ2n) is 9.29.